The summed E-state index contributed by atoms with van der Waals surface area (Å²) in [6, 6.07) is 23.0. The number of aliphatic carboxylic acids is 1. The van der Waals surface area contributed by atoms with Gasteiger partial charge in [-0.05, 0) is 90.7 Å². The van der Waals surface area contributed by atoms with E-state index in [1.165, 1.54) is 6.07 Å². The molecule has 4 aromatic carbocycles. The standard InChI is InChI=1S/C39H38F3N3O4/c1-23-29(26-13-11-25(12-14-26)20-44-17-15-28(40)22-44)6-3-7-30(23)31-8-4-9-32(24(31)2)37-43-33-18-27(21-45-16-5-10-34(45)38(46)47)35(49-39(41)42)19-36(33)48-37/h3-4,6-9,11-14,18-19,28,34,39H,5,10,15-17,20-22H2,1-2H3,(H,46,47). The zero-order chi connectivity index (χ0) is 34.2. The Morgan fingerprint density at radius 1 is 0.939 bits per heavy atom. The number of carbonyl (C=O) groups is 1. The number of aromatic nitrogens is 1. The van der Waals surface area contributed by atoms with Crippen LogP contribution in [-0.2, 0) is 17.9 Å². The molecule has 7 rings (SSSR count). The number of hydrogen-bond acceptors (Lipinski definition) is 6. The molecule has 254 valence electrons. The van der Waals surface area contributed by atoms with Crippen molar-refractivity contribution in [3.05, 3.63) is 95.1 Å². The third-order valence-electron chi connectivity index (χ3n) is 9.88. The highest BCUT2D eigenvalue weighted by Gasteiger charge is 2.31. The summed E-state index contributed by atoms with van der Waals surface area (Å²) in [6.07, 6.45) is 1.08. The lowest BCUT2D eigenvalue weighted by atomic mass is 9.89. The molecule has 0 saturated carbocycles. The number of nitrogens with zero attached hydrogens (tertiary/aromatic N) is 3. The van der Waals surface area contributed by atoms with E-state index in [4.69, 9.17) is 14.1 Å². The van der Waals surface area contributed by atoms with Crippen molar-refractivity contribution in [1.82, 2.24) is 14.8 Å². The largest absolute Gasteiger partial charge is 0.480 e. The maximum atomic E-state index is 13.6. The van der Waals surface area contributed by atoms with Crippen LogP contribution in [0.15, 0.2) is 77.2 Å². The zero-order valence-electron chi connectivity index (χ0n) is 27.5. The van der Waals surface area contributed by atoms with Crippen molar-refractivity contribution >= 4 is 17.1 Å². The van der Waals surface area contributed by atoms with Crippen LogP contribution in [0.5, 0.6) is 5.75 Å². The molecule has 2 atom stereocenters. The average molecular weight is 670 g/mol. The summed E-state index contributed by atoms with van der Waals surface area (Å²) in [5.74, 6) is -0.642. The highest BCUT2D eigenvalue weighted by molar-refractivity contribution is 5.85. The maximum absolute atomic E-state index is 13.6. The summed E-state index contributed by atoms with van der Waals surface area (Å²) in [6.45, 7) is 3.78. The summed E-state index contributed by atoms with van der Waals surface area (Å²) in [5, 5.41) is 9.63. The monoisotopic (exact) mass is 669 g/mol. The van der Waals surface area contributed by atoms with Gasteiger partial charge >= 0.3 is 12.6 Å². The predicted molar refractivity (Wildman–Crippen MR) is 182 cm³/mol. The van der Waals surface area contributed by atoms with Crippen molar-refractivity contribution in [1.29, 1.82) is 0 Å². The quantitative estimate of drug-likeness (QED) is 0.160. The Kier molecular flexibility index (Phi) is 9.17. The van der Waals surface area contributed by atoms with Crippen molar-refractivity contribution < 1.29 is 32.2 Å². The van der Waals surface area contributed by atoms with Gasteiger partial charge in [0.25, 0.3) is 0 Å². The van der Waals surface area contributed by atoms with E-state index in [9.17, 15) is 23.1 Å². The normalized spacial score (nSPS) is 18.6. The van der Waals surface area contributed by atoms with Gasteiger partial charge in [0.05, 0.1) is 0 Å². The van der Waals surface area contributed by atoms with E-state index in [0.29, 0.717) is 54.9 Å². The van der Waals surface area contributed by atoms with E-state index in [1.807, 2.05) is 25.1 Å². The number of halogens is 3. The number of ether oxygens (including phenoxy) is 1. The maximum Gasteiger partial charge on any atom is 0.387 e. The second-order valence-corrected chi connectivity index (χ2v) is 13.1. The fourth-order valence-corrected chi connectivity index (χ4v) is 7.33. The molecular formula is C39H38F3N3O4. The van der Waals surface area contributed by atoms with Gasteiger partial charge in [-0.3, -0.25) is 14.6 Å². The van der Waals surface area contributed by atoms with Crippen molar-refractivity contribution in [3.63, 3.8) is 0 Å². The van der Waals surface area contributed by atoms with Crippen molar-refractivity contribution in [2.24, 2.45) is 0 Å². The number of oxazole rings is 1. The van der Waals surface area contributed by atoms with Gasteiger partial charge in [0, 0.05) is 43.4 Å². The Morgan fingerprint density at radius 3 is 2.31 bits per heavy atom. The topological polar surface area (TPSA) is 79.0 Å². The summed E-state index contributed by atoms with van der Waals surface area (Å²) in [5.41, 5.74) is 9.49. The van der Waals surface area contributed by atoms with Gasteiger partial charge in [0.15, 0.2) is 5.58 Å². The SMILES string of the molecule is Cc1c(-c2ccc(CN3CCC(F)C3)cc2)cccc1-c1cccc(-c2nc3cc(CN4CCCC4C(=O)O)c(OC(F)F)cc3o2)c1C. The van der Waals surface area contributed by atoms with E-state index in [2.05, 4.69) is 54.3 Å². The van der Waals surface area contributed by atoms with E-state index in [-0.39, 0.29) is 12.3 Å². The molecule has 0 bridgehead atoms. The molecule has 2 unspecified atom stereocenters. The average Bonchev–Trinajstić information content (AvgIpc) is 3.82. The van der Waals surface area contributed by atoms with Crippen molar-refractivity contribution in [2.75, 3.05) is 19.6 Å². The Morgan fingerprint density at radius 2 is 1.63 bits per heavy atom. The van der Waals surface area contributed by atoms with Gasteiger partial charge in [-0.25, -0.2) is 9.37 Å². The molecule has 1 N–H and O–H groups in total. The van der Waals surface area contributed by atoms with Crippen LogP contribution in [0.4, 0.5) is 13.2 Å². The molecule has 10 heteroatoms. The molecular weight excluding hydrogens is 631 g/mol. The molecule has 0 radical (unpaired) electrons. The molecule has 5 aromatic rings. The number of hydrogen-bond donors (Lipinski definition) is 1. The molecule has 3 heterocycles. The molecule has 2 saturated heterocycles. The van der Waals surface area contributed by atoms with Crippen LogP contribution >= 0.6 is 0 Å². The molecule has 1 aromatic heterocycles. The first kappa shape index (κ1) is 32.9. The molecule has 49 heavy (non-hydrogen) atoms. The van der Waals surface area contributed by atoms with Crippen LogP contribution in [0, 0.1) is 13.8 Å². The molecule has 2 aliphatic heterocycles. The molecule has 0 aliphatic carbocycles. The van der Waals surface area contributed by atoms with Gasteiger partial charge in [0.1, 0.15) is 23.5 Å². The number of rotatable bonds is 10. The van der Waals surface area contributed by atoms with Crippen LogP contribution < -0.4 is 4.74 Å². The first-order chi connectivity index (χ1) is 23.6. The van der Waals surface area contributed by atoms with Gasteiger partial charge in [-0.2, -0.15) is 8.78 Å². The van der Waals surface area contributed by atoms with Crippen molar-refractivity contribution in [2.45, 2.75) is 65.0 Å². The fourth-order valence-electron chi connectivity index (χ4n) is 7.33. The molecule has 7 nitrogen and oxygen atoms in total. The van der Waals surface area contributed by atoms with Gasteiger partial charge in [0.2, 0.25) is 5.89 Å². The van der Waals surface area contributed by atoms with Crippen LogP contribution in [0.3, 0.4) is 0 Å². The van der Waals surface area contributed by atoms with Gasteiger partial charge in [-0.1, -0.05) is 54.6 Å². The van der Waals surface area contributed by atoms with Crippen LogP contribution in [0.2, 0.25) is 0 Å². The molecule has 0 amide bonds. The minimum atomic E-state index is -3.05. The smallest absolute Gasteiger partial charge is 0.387 e. The first-order valence-corrected chi connectivity index (χ1v) is 16.7. The Hall–Kier alpha value is -4.67. The molecule has 2 fully saturated rings. The second-order valence-electron chi connectivity index (χ2n) is 13.1. The Bertz CT molecular complexity index is 1990. The minimum Gasteiger partial charge on any atom is -0.480 e. The summed E-state index contributed by atoms with van der Waals surface area (Å²) < 4.78 is 51.5. The first-order valence-electron chi connectivity index (χ1n) is 16.7. The predicted octanol–water partition coefficient (Wildman–Crippen LogP) is 8.64. The number of carboxylic acids is 1. The summed E-state index contributed by atoms with van der Waals surface area (Å²) >= 11 is 0. The Balaban J connectivity index is 1.19. The number of benzene rings is 4. The minimum absolute atomic E-state index is 0.0587. The lowest BCUT2D eigenvalue weighted by molar-refractivity contribution is -0.142. The number of alkyl halides is 3. The third kappa shape index (κ3) is 6.80. The zero-order valence-corrected chi connectivity index (χ0v) is 27.5. The van der Waals surface area contributed by atoms with E-state index in [0.717, 1.165) is 57.6 Å². The highest BCUT2D eigenvalue weighted by atomic mass is 19.3. The number of likely N-dealkylation sites (tertiary alicyclic amines) is 2. The lowest BCUT2D eigenvalue weighted by Crippen LogP contribution is -2.35. The number of carboxylic acid groups (broad SMARTS) is 1. The van der Waals surface area contributed by atoms with E-state index >= 15 is 0 Å². The van der Waals surface area contributed by atoms with Crippen LogP contribution in [-0.4, -0.2) is 64.3 Å². The lowest BCUT2D eigenvalue weighted by Gasteiger charge is -2.22. The molecule has 0 spiro atoms. The number of fused-ring (bicyclic) bond motifs is 1. The van der Waals surface area contributed by atoms with Gasteiger partial charge in [-0.15, -0.1) is 0 Å². The van der Waals surface area contributed by atoms with Crippen LogP contribution in [0.25, 0.3) is 44.8 Å². The summed E-state index contributed by atoms with van der Waals surface area (Å²) in [7, 11) is 0. The third-order valence-corrected chi connectivity index (χ3v) is 9.88. The Labute approximate surface area is 282 Å². The fraction of sp³-hybridized carbons (Fsp3) is 0.333. The van der Waals surface area contributed by atoms with E-state index in [1.54, 1.807) is 11.0 Å². The van der Waals surface area contributed by atoms with Crippen molar-refractivity contribution in [3.8, 4) is 39.5 Å². The molecule has 2 aliphatic rings. The van der Waals surface area contributed by atoms with E-state index < -0.39 is 24.8 Å². The highest BCUT2D eigenvalue weighted by Crippen LogP contribution is 2.39. The van der Waals surface area contributed by atoms with Crippen LogP contribution in [0.1, 0.15) is 41.5 Å². The second kappa shape index (κ2) is 13.7. The summed E-state index contributed by atoms with van der Waals surface area (Å²) in [4.78, 5) is 20.4. The van der Waals surface area contributed by atoms with Gasteiger partial charge < -0.3 is 14.3 Å².